The molecular formula is C10H11N3O2. The summed E-state index contributed by atoms with van der Waals surface area (Å²) in [5.41, 5.74) is 0.571. The molecule has 1 saturated carbocycles. The number of aromatic nitrogens is 2. The van der Waals surface area contributed by atoms with E-state index in [0.29, 0.717) is 5.69 Å². The van der Waals surface area contributed by atoms with Crippen LogP contribution in [-0.4, -0.2) is 22.0 Å². The molecule has 3 rings (SSSR count). The molecule has 0 aromatic carbocycles. The van der Waals surface area contributed by atoms with E-state index in [1.807, 2.05) is 0 Å². The number of anilines is 1. The predicted molar refractivity (Wildman–Crippen MR) is 51.9 cm³/mol. The van der Waals surface area contributed by atoms with Gasteiger partial charge in [0.2, 0.25) is 11.8 Å². The van der Waals surface area contributed by atoms with Crippen LogP contribution in [0, 0.1) is 11.8 Å². The SMILES string of the molecule is O=C1C2CCC(C2)C(=O)N1c1cn[nH]c1. The number of piperidine rings is 1. The highest BCUT2D eigenvalue weighted by atomic mass is 16.2. The van der Waals surface area contributed by atoms with Gasteiger partial charge < -0.3 is 0 Å². The van der Waals surface area contributed by atoms with Gasteiger partial charge in [0.15, 0.2) is 0 Å². The molecule has 0 radical (unpaired) electrons. The molecule has 78 valence electrons. The van der Waals surface area contributed by atoms with Crippen molar-refractivity contribution in [3.8, 4) is 0 Å². The summed E-state index contributed by atoms with van der Waals surface area (Å²) in [6.45, 7) is 0. The summed E-state index contributed by atoms with van der Waals surface area (Å²) in [4.78, 5) is 25.2. The Morgan fingerprint density at radius 2 is 1.93 bits per heavy atom. The first kappa shape index (κ1) is 8.64. The summed E-state index contributed by atoms with van der Waals surface area (Å²) in [5, 5.41) is 6.39. The summed E-state index contributed by atoms with van der Waals surface area (Å²) < 4.78 is 0. The third-order valence-electron chi connectivity index (χ3n) is 3.31. The fourth-order valence-electron chi connectivity index (χ4n) is 2.52. The zero-order chi connectivity index (χ0) is 10.4. The van der Waals surface area contributed by atoms with Gasteiger partial charge in [0.05, 0.1) is 11.9 Å². The molecule has 2 bridgehead atoms. The molecule has 1 aliphatic heterocycles. The number of nitrogens with zero attached hydrogens (tertiary/aromatic N) is 2. The molecule has 5 nitrogen and oxygen atoms in total. The molecule has 1 N–H and O–H groups in total. The molecule has 2 aliphatic rings. The largest absolute Gasteiger partial charge is 0.284 e. The van der Waals surface area contributed by atoms with Crippen molar-refractivity contribution < 1.29 is 9.59 Å². The molecule has 2 heterocycles. The van der Waals surface area contributed by atoms with Crippen molar-refractivity contribution in [2.24, 2.45) is 11.8 Å². The smallest absolute Gasteiger partial charge is 0.237 e. The number of hydrogen-bond donors (Lipinski definition) is 1. The summed E-state index contributed by atoms with van der Waals surface area (Å²) in [6.07, 6.45) is 5.54. The Kier molecular flexibility index (Phi) is 1.68. The average Bonchev–Trinajstić information content (AvgIpc) is 2.86. The van der Waals surface area contributed by atoms with E-state index in [-0.39, 0.29) is 23.7 Å². The summed E-state index contributed by atoms with van der Waals surface area (Å²) in [5.74, 6) is -0.0319. The third-order valence-corrected chi connectivity index (χ3v) is 3.31. The molecule has 2 amide bonds. The van der Waals surface area contributed by atoms with Crippen molar-refractivity contribution in [2.75, 3.05) is 4.90 Å². The van der Waals surface area contributed by atoms with Crippen LogP contribution in [0.25, 0.3) is 0 Å². The normalized spacial score (nSPS) is 30.0. The first-order valence-electron chi connectivity index (χ1n) is 5.14. The minimum Gasteiger partial charge on any atom is -0.284 e. The minimum atomic E-state index is -0.0600. The van der Waals surface area contributed by atoms with Crippen molar-refractivity contribution in [1.82, 2.24) is 10.2 Å². The molecule has 2 unspecified atom stereocenters. The Bertz CT molecular complexity index is 390. The fraction of sp³-hybridized carbons (Fsp3) is 0.500. The van der Waals surface area contributed by atoms with Gasteiger partial charge in [-0.15, -0.1) is 0 Å². The van der Waals surface area contributed by atoms with Gasteiger partial charge in [0, 0.05) is 18.0 Å². The van der Waals surface area contributed by atoms with Crippen LogP contribution in [0.1, 0.15) is 19.3 Å². The topological polar surface area (TPSA) is 66.1 Å². The number of H-pyrrole nitrogens is 1. The van der Waals surface area contributed by atoms with Crippen LogP contribution in [-0.2, 0) is 9.59 Å². The number of rotatable bonds is 1. The predicted octanol–water partition coefficient (Wildman–Crippen LogP) is 0.699. The lowest BCUT2D eigenvalue weighted by Gasteiger charge is -2.28. The maximum absolute atomic E-state index is 12.0. The number of amides is 2. The van der Waals surface area contributed by atoms with Crippen LogP contribution in [0.3, 0.4) is 0 Å². The van der Waals surface area contributed by atoms with Crippen molar-refractivity contribution in [2.45, 2.75) is 19.3 Å². The Hall–Kier alpha value is -1.65. The molecular weight excluding hydrogens is 194 g/mol. The Balaban J connectivity index is 2.01. The molecule has 2 fully saturated rings. The lowest BCUT2D eigenvalue weighted by molar-refractivity contribution is -0.132. The van der Waals surface area contributed by atoms with Gasteiger partial charge in [0.1, 0.15) is 0 Å². The van der Waals surface area contributed by atoms with Crippen LogP contribution in [0.4, 0.5) is 5.69 Å². The van der Waals surface area contributed by atoms with E-state index in [2.05, 4.69) is 10.2 Å². The lowest BCUT2D eigenvalue weighted by atomic mass is 9.97. The first-order valence-corrected chi connectivity index (χ1v) is 5.14. The van der Waals surface area contributed by atoms with Gasteiger partial charge in [-0.2, -0.15) is 5.10 Å². The van der Waals surface area contributed by atoms with Crippen molar-refractivity contribution in [3.05, 3.63) is 12.4 Å². The number of aromatic amines is 1. The molecule has 0 spiro atoms. The summed E-state index contributed by atoms with van der Waals surface area (Å²) >= 11 is 0. The Morgan fingerprint density at radius 3 is 2.47 bits per heavy atom. The second-order valence-corrected chi connectivity index (χ2v) is 4.18. The maximum Gasteiger partial charge on any atom is 0.237 e. The van der Waals surface area contributed by atoms with E-state index in [0.717, 1.165) is 19.3 Å². The number of carbonyl (C=O) groups excluding carboxylic acids is 2. The molecule has 5 heteroatoms. The zero-order valence-electron chi connectivity index (χ0n) is 8.14. The number of hydrogen-bond acceptors (Lipinski definition) is 3. The van der Waals surface area contributed by atoms with E-state index in [4.69, 9.17) is 0 Å². The molecule has 2 atom stereocenters. The second-order valence-electron chi connectivity index (χ2n) is 4.18. The first-order chi connectivity index (χ1) is 7.27. The van der Waals surface area contributed by atoms with Crippen LogP contribution < -0.4 is 4.90 Å². The monoisotopic (exact) mass is 205 g/mol. The number of fused-ring (bicyclic) bond motifs is 2. The van der Waals surface area contributed by atoms with Gasteiger partial charge in [-0.1, -0.05) is 0 Å². The van der Waals surface area contributed by atoms with Gasteiger partial charge in [-0.05, 0) is 19.3 Å². The van der Waals surface area contributed by atoms with Crippen LogP contribution >= 0.6 is 0 Å². The van der Waals surface area contributed by atoms with E-state index >= 15 is 0 Å². The average molecular weight is 205 g/mol. The minimum absolute atomic E-state index is 0.0441. The highest BCUT2D eigenvalue weighted by Crippen LogP contribution is 2.39. The van der Waals surface area contributed by atoms with Crippen molar-refractivity contribution in [3.63, 3.8) is 0 Å². The summed E-state index contributed by atoms with van der Waals surface area (Å²) in [6, 6.07) is 0. The molecule has 1 aromatic rings. The van der Waals surface area contributed by atoms with Crippen molar-refractivity contribution in [1.29, 1.82) is 0 Å². The maximum atomic E-state index is 12.0. The second kappa shape index (κ2) is 2.92. The van der Waals surface area contributed by atoms with Gasteiger partial charge >= 0.3 is 0 Å². The van der Waals surface area contributed by atoms with E-state index < -0.39 is 0 Å². The Labute approximate surface area is 86.5 Å². The summed E-state index contributed by atoms with van der Waals surface area (Å²) in [7, 11) is 0. The number of imide groups is 1. The quantitative estimate of drug-likeness (QED) is 0.686. The van der Waals surface area contributed by atoms with Crippen molar-refractivity contribution >= 4 is 17.5 Å². The Morgan fingerprint density at radius 1 is 1.27 bits per heavy atom. The molecule has 15 heavy (non-hydrogen) atoms. The van der Waals surface area contributed by atoms with E-state index in [1.54, 1.807) is 6.20 Å². The lowest BCUT2D eigenvalue weighted by Crippen LogP contribution is -2.46. The highest BCUT2D eigenvalue weighted by Gasteiger charge is 2.45. The van der Waals surface area contributed by atoms with Crippen LogP contribution in [0.15, 0.2) is 12.4 Å². The van der Waals surface area contributed by atoms with Gasteiger partial charge in [-0.25, -0.2) is 4.90 Å². The number of carbonyl (C=O) groups is 2. The van der Waals surface area contributed by atoms with Crippen LogP contribution in [0.5, 0.6) is 0 Å². The van der Waals surface area contributed by atoms with Gasteiger partial charge in [-0.3, -0.25) is 14.7 Å². The number of nitrogens with one attached hydrogen (secondary N) is 1. The molecule has 1 aliphatic carbocycles. The zero-order valence-corrected chi connectivity index (χ0v) is 8.14. The van der Waals surface area contributed by atoms with Crippen LogP contribution in [0.2, 0.25) is 0 Å². The molecule has 1 saturated heterocycles. The fourth-order valence-corrected chi connectivity index (χ4v) is 2.52. The van der Waals surface area contributed by atoms with E-state index in [1.165, 1.54) is 11.1 Å². The highest BCUT2D eigenvalue weighted by molar-refractivity contribution is 6.18. The standard InChI is InChI=1S/C10H11N3O2/c14-9-6-1-2-7(3-6)10(15)13(9)8-4-11-12-5-8/h4-7H,1-3H2,(H,11,12). The third kappa shape index (κ3) is 1.12. The van der Waals surface area contributed by atoms with E-state index in [9.17, 15) is 9.59 Å². The molecule has 1 aromatic heterocycles. The van der Waals surface area contributed by atoms with Gasteiger partial charge in [0.25, 0.3) is 0 Å².